The number of rotatable bonds is 9. The number of nitrogens with one attached hydrogen (secondary N) is 1. The molecular weight excluding hydrogens is 370 g/mol. The number of thioether (sulfide) groups is 1. The Hall–Kier alpha value is -1.76. The summed E-state index contributed by atoms with van der Waals surface area (Å²) in [6, 6.07) is 8.78. The van der Waals surface area contributed by atoms with Crippen molar-refractivity contribution in [3.8, 4) is 5.75 Å². The minimum absolute atomic E-state index is 0.224. The number of pyridine rings is 1. The first-order valence-corrected chi connectivity index (χ1v) is 9.89. The van der Waals surface area contributed by atoms with Gasteiger partial charge in [-0.25, -0.2) is 4.98 Å². The molecule has 0 unspecified atom stereocenters. The van der Waals surface area contributed by atoms with E-state index >= 15 is 0 Å². The van der Waals surface area contributed by atoms with Crippen molar-refractivity contribution in [3.05, 3.63) is 47.1 Å². The standard InChI is InChI=1S/C19H24ClN3O2S/c1-4-23(5-2)10-11-26-18-9-6-14(13-21-18)19(24)22-15-7-8-17(25-3)16(20)12-15/h6-9,12-13H,4-5,10-11H2,1-3H3,(H,22,24). The van der Waals surface area contributed by atoms with E-state index in [1.54, 1.807) is 49.3 Å². The Balaban J connectivity index is 1.91. The van der Waals surface area contributed by atoms with Crippen molar-refractivity contribution in [3.63, 3.8) is 0 Å². The van der Waals surface area contributed by atoms with Crippen LogP contribution in [0.5, 0.6) is 5.75 Å². The Morgan fingerprint density at radius 3 is 2.62 bits per heavy atom. The van der Waals surface area contributed by atoms with Crippen molar-refractivity contribution in [2.24, 2.45) is 0 Å². The summed E-state index contributed by atoms with van der Waals surface area (Å²) in [5, 5.41) is 4.18. The smallest absolute Gasteiger partial charge is 0.257 e. The van der Waals surface area contributed by atoms with E-state index in [0.29, 0.717) is 22.0 Å². The van der Waals surface area contributed by atoms with Crippen molar-refractivity contribution in [1.82, 2.24) is 9.88 Å². The molecule has 1 aromatic heterocycles. The average molecular weight is 394 g/mol. The quantitative estimate of drug-likeness (QED) is 0.638. The van der Waals surface area contributed by atoms with Crippen LogP contribution < -0.4 is 10.1 Å². The Morgan fingerprint density at radius 2 is 2.04 bits per heavy atom. The van der Waals surface area contributed by atoms with Crippen LogP contribution in [0.15, 0.2) is 41.6 Å². The van der Waals surface area contributed by atoms with E-state index in [1.165, 1.54) is 0 Å². The van der Waals surface area contributed by atoms with Crippen molar-refractivity contribution < 1.29 is 9.53 Å². The summed E-state index contributed by atoms with van der Waals surface area (Å²) in [4.78, 5) is 19.1. The Morgan fingerprint density at radius 1 is 1.27 bits per heavy atom. The molecule has 2 aromatic rings. The maximum Gasteiger partial charge on any atom is 0.257 e. The predicted molar refractivity (Wildman–Crippen MR) is 109 cm³/mol. The molecule has 0 bridgehead atoms. The fourth-order valence-corrected chi connectivity index (χ4v) is 3.47. The number of aromatic nitrogens is 1. The van der Waals surface area contributed by atoms with E-state index in [2.05, 4.69) is 29.0 Å². The second-order valence-corrected chi connectivity index (χ2v) is 7.09. The highest BCUT2D eigenvalue weighted by Crippen LogP contribution is 2.27. The topological polar surface area (TPSA) is 54.5 Å². The van der Waals surface area contributed by atoms with Crippen LogP contribution in [0.2, 0.25) is 5.02 Å². The SMILES string of the molecule is CCN(CC)CCSc1ccc(C(=O)Nc2ccc(OC)c(Cl)c2)cn1. The molecule has 0 fully saturated rings. The number of anilines is 1. The first kappa shape index (κ1) is 20.6. The number of nitrogens with zero attached hydrogens (tertiary/aromatic N) is 2. The minimum Gasteiger partial charge on any atom is -0.495 e. The fourth-order valence-electron chi connectivity index (χ4n) is 2.37. The lowest BCUT2D eigenvalue weighted by atomic mass is 10.2. The number of hydrogen-bond donors (Lipinski definition) is 1. The minimum atomic E-state index is -0.224. The molecule has 0 atom stereocenters. The molecule has 26 heavy (non-hydrogen) atoms. The number of carbonyl (C=O) groups excluding carboxylic acids is 1. The summed E-state index contributed by atoms with van der Waals surface area (Å²) < 4.78 is 5.10. The van der Waals surface area contributed by atoms with Gasteiger partial charge in [0.1, 0.15) is 5.75 Å². The lowest BCUT2D eigenvalue weighted by Gasteiger charge is -2.17. The Kier molecular flexibility index (Phi) is 8.22. The lowest BCUT2D eigenvalue weighted by molar-refractivity contribution is 0.102. The van der Waals surface area contributed by atoms with E-state index in [9.17, 15) is 4.79 Å². The van der Waals surface area contributed by atoms with Crippen LogP contribution in [0.25, 0.3) is 0 Å². The molecule has 0 spiro atoms. The molecule has 1 aromatic carbocycles. The van der Waals surface area contributed by atoms with Gasteiger partial charge in [-0.1, -0.05) is 25.4 Å². The summed E-state index contributed by atoms with van der Waals surface area (Å²) in [5.41, 5.74) is 1.11. The number of carbonyl (C=O) groups is 1. The molecule has 2 rings (SSSR count). The highest BCUT2D eigenvalue weighted by molar-refractivity contribution is 7.99. The van der Waals surface area contributed by atoms with Gasteiger partial charge in [0.25, 0.3) is 5.91 Å². The van der Waals surface area contributed by atoms with Crippen LogP contribution in [0.4, 0.5) is 5.69 Å². The Labute approximate surface area is 164 Å². The lowest BCUT2D eigenvalue weighted by Crippen LogP contribution is -2.25. The predicted octanol–water partition coefficient (Wildman–Crippen LogP) is 4.43. The number of amides is 1. The monoisotopic (exact) mass is 393 g/mol. The first-order chi connectivity index (χ1) is 12.6. The molecule has 0 saturated heterocycles. The van der Waals surface area contributed by atoms with Gasteiger partial charge in [-0.2, -0.15) is 0 Å². The maximum atomic E-state index is 12.3. The molecule has 1 N–H and O–H groups in total. The van der Waals surface area contributed by atoms with Crippen molar-refractivity contribution in [1.29, 1.82) is 0 Å². The molecule has 5 nitrogen and oxygen atoms in total. The highest BCUT2D eigenvalue weighted by atomic mass is 35.5. The third-order valence-electron chi connectivity index (χ3n) is 3.96. The van der Waals surface area contributed by atoms with E-state index in [-0.39, 0.29) is 5.91 Å². The number of ether oxygens (including phenoxy) is 1. The van der Waals surface area contributed by atoms with Gasteiger partial charge in [0, 0.05) is 24.2 Å². The van der Waals surface area contributed by atoms with Crippen LogP contribution >= 0.6 is 23.4 Å². The van der Waals surface area contributed by atoms with Crippen LogP contribution in [0, 0.1) is 0 Å². The van der Waals surface area contributed by atoms with E-state index < -0.39 is 0 Å². The summed E-state index contributed by atoms with van der Waals surface area (Å²) in [6.07, 6.45) is 1.60. The van der Waals surface area contributed by atoms with E-state index in [0.717, 1.165) is 30.4 Å². The number of halogens is 1. The molecule has 0 aliphatic heterocycles. The van der Waals surface area contributed by atoms with Gasteiger partial charge in [0.2, 0.25) is 0 Å². The van der Waals surface area contributed by atoms with Crippen molar-refractivity contribution in [2.45, 2.75) is 18.9 Å². The van der Waals surface area contributed by atoms with E-state index in [4.69, 9.17) is 16.3 Å². The van der Waals surface area contributed by atoms with Gasteiger partial charge < -0.3 is 15.0 Å². The maximum absolute atomic E-state index is 12.3. The first-order valence-electron chi connectivity index (χ1n) is 8.53. The number of hydrogen-bond acceptors (Lipinski definition) is 5. The number of benzene rings is 1. The van der Waals surface area contributed by atoms with Gasteiger partial charge in [-0.15, -0.1) is 11.8 Å². The Bertz CT molecular complexity index is 721. The summed E-state index contributed by atoms with van der Waals surface area (Å²) in [6.45, 7) is 7.46. The van der Waals surface area contributed by atoms with Gasteiger partial charge in [0.15, 0.2) is 0 Å². The molecule has 140 valence electrons. The van der Waals surface area contributed by atoms with Gasteiger partial charge >= 0.3 is 0 Å². The van der Waals surface area contributed by atoms with Crippen LogP contribution in [-0.4, -0.2) is 48.3 Å². The molecule has 0 aliphatic rings. The van der Waals surface area contributed by atoms with E-state index in [1.807, 2.05) is 6.07 Å². The molecule has 0 aliphatic carbocycles. The second kappa shape index (κ2) is 10.4. The highest BCUT2D eigenvalue weighted by Gasteiger charge is 2.09. The fraction of sp³-hybridized carbons (Fsp3) is 0.368. The summed E-state index contributed by atoms with van der Waals surface area (Å²) in [7, 11) is 1.55. The summed E-state index contributed by atoms with van der Waals surface area (Å²) in [5.74, 6) is 1.32. The van der Waals surface area contributed by atoms with Crippen molar-refractivity contribution >= 4 is 35.0 Å². The summed E-state index contributed by atoms with van der Waals surface area (Å²) >= 11 is 7.77. The number of methoxy groups -OCH3 is 1. The largest absolute Gasteiger partial charge is 0.495 e. The zero-order valence-corrected chi connectivity index (χ0v) is 16.9. The van der Waals surface area contributed by atoms with Gasteiger partial charge in [-0.05, 0) is 43.4 Å². The van der Waals surface area contributed by atoms with Crippen LogP contribution in [-0.2, 0) is 0 Å². The molecule has 1 amide bonds. The molecular formula is C19H24ClN3O2S. The van der Waals surface area contributed by atoms with Gasteiger partial charge in [0.05, 0.1) is 22.7 Å². The molecule has 0 saturated carbocycles. The third-order valence-corrected chi connectivity index (χ3v) is 5.18. The van der Waals surface area contributed by atoms with Crippen LogP contribution in [0.3, 0.4) is 0 Å². The molecule has 0 radical (unpaired) electrons. The molecule has 7 heteroatoms. The molecule has 1 heterocycles. The van der Waals surface area contributed by atoms with Crippen LogP contribution in [0.1, 0.15) is 24.2 Å². The normalized spacial score (nSPS) is 10.8. The zero-order chi connectivity index (χ0) is 18.9. The second-order valence-electron chi connectivity index (χ2n) is 5.56. The zero-order valence-electron chi connectivity index (χ0n) is 15.3. The van der Waals surface area contributed by atoms with Crippen molar-refractivity contribution in [2.75, 3.05) is 37.8 Å². The van der Waals surface area contributed by atoms with Gasteiger partial charge in [-0.3, -0.25) is 4.79 Å². The average Bonchev–Trinajstić information content (AvgIpc) is 2.66. The third kappa shape index (κ3) is 5.90.